The molecule has 7 nitrogen and oxygen atoms in total. The fourth-order valence-corrected chi connectivity index (χ4v) is 2.99. The lowest BCUT2D eigenvalue weighted by Gasteiger charge is -2.07. The molecule has 146 valence electrons. The molecule has 0 atom stereocenters. The zero-order chi connectivity index (χ0) is 20.4. The molecule has 29 heavy (non-hydrogen) atoms. The van der Waals surface area contributed by atoms with Gasteiger partial charge in [-0.25, -0.2) is 4.98 Å². The van der Waals surface area contributed by atoms with Crippen LogP contribution >= 0.6 is 0 Å². The third-order valence-corrected chi connectivity index (χ3v) is 4.55. The Hall–Kier alpha value is -3.74. The minimum absolute atomic E-state index is 0.130. The number of carbonyl (C=O) groups excluding carboxylic acids is 1. The number of anilines is 1. The van der Waals surface area contributed by atoms with Gasteiger partial charge in [-0.1, -0.05) is 40.5 Å². The van der Waals surface area contributed by atoms with Crippen LogP contribution in [0.4, 0.5) is 5.69 Å². The average molecular weight is 387 g/mol. The highest BCUT2D eigenvalue weighted by Gasteiger charge is 2.16. The Morgan fingerprint density at radius 3 is 2.59 bits per heavy atom. The number of aromatic nitrogens is 4. The molecule has 0 saturated carbocycles. The van der Waals surface area contributed by atoms with Gasteiger partial charge in [-0.3, -0.25) is 4.79 Å². The van der Waals surface area contributed by atoms with Crippen LogP contribution in [0, 0.1) is 20.8 Å². The Balaban J connectivity index is 1.49. The maximum absolute atomic E-state index is 12.4. The first-order valence-electron chi connectivity index (χ1n) is 9.29. The van der Waals surface area contributed by atoms with E-state index in [1.807, 2.05) is 69.3 Å². The van der Waals surface area contributed by atoms with Gasteiger partial charge in [-0.05, 0) is 45.0 Å². The molecule has 2 heterocycles. The minimum Gasteiger partial charge on any atom is -0.334 e. The number of hydrogen-bond acceptors (Lipinski definition) is 5. The summed E-state index contributed by atoms with van der Waals surface area (Å²) in [6.07, 6.45) is 1.76. The number of imidazole rings is 1. The summed E-state index contributed by atoms with van der Waals surface area (Å²) in [6.45, 7) is 6.00. The minimum atomic E-state index is -0.130. The van der Waals surface area contributed by atoms with Gasteiger partial charge in [0, 0.05) is 17.4 Å². The van der Waals surface area contributed by atoms with Crippen LogP contribution in [0.5, 0.6) is 0 Å². The smallest absolute Gasteiger partial charge is 0.258 e. The van der Waals surface area contributed by atoms with Crippen molar-refractivity contribution in [2.75, 3.05) is 5.32 Å². The molecule has 2 aromatic heterocycles. The van der Waals surface area contributed by atoms with E-state index in [1.54, 1.807) is 10.8 Å². The summed E-state index contributed by atoms with van der Waals surface area (Å²) in [7, 11) is 0. The van der Waals surface area contributed by atoms with Crippen LogP contribution in [0.15, 0.2) is 59.3 Å². The Bertz CT molecular complexity index is 1160. The largest absolute Gasteiger partial charge is 0.334 e. The number of benzene rings is 2. The first-order valence-corrected chi connectivity index (χ1v) is 9.29. The molecule has 0 bridgehead atoms. The van der Waals surface area contributed by atoms with E-state index in [4.69, 9.17) is 4.52 Å². The van der Waals surface area contributed by atoms with Crippen LogP contribution in [0.3, 0.4) is 0 Å². The van der Waals surface area contributed by atoms with E-state index >= 15 is 0 Å². The number of aryl methyl sites for hydroxylation is 3. The number of nitrogens with one attached hydrogen (secondary N) is 1. The van der Waals surface area contributed by atoms with E-state index in [0.717, 1.165) is 22.4 Å². The van der Waals surface area contributed by atoms with Crippen LogP contribution in [0.1, 0.15) is 17.0 Å². The van der Waals surface area contributed by atoms with Crippen molar-refractivity contribution in [3.8, 4) is 23.0 Å². The van der Waals surface area contributed by atoms with Crippen LogP contribution in [0.25, 0.3) is 23.0 Å². The SMILES string of the molecule is Cc1ccc(NC(=O)Cn2cc(-c3noc(-c4cccc(C)c4)n3)nc2C)cc1. The van der Waals surface area contributed by atoms with E-state index in [2.05, 4.69) is 20.4 Å². The maximum atomic E-state index is 12.4. The van der Waals surface area contributed by atoms with Crippen LogP contribution in [-0.2, 0) is 11.3 Å². The number of carbonyl (C=O) groups is 1. The van der Waals surface area contributed by atoms with Crippen molar-refractivity contribution in [2.45, 2.75) is 27.3 Å². The van der Waals surface area contributed by atoms with Crippen molar-refractivity contribution in [1.82, 2.24) is 19.7 Å². The van der Waals surface area contributed by atoms with Gasteiger partial charge in [-0.2, -0.15) is 4.98 Å². The van der Waals surface area contributed by atoms with Crippen LogP contribution in [0.2, 0.25) is 0 Å². The highest BCUT2D eigenvalue weighted by atomic mass is 16.5. The normalized spacial score (nSPS) is 10.9. The number of nitrogens with zero attached hydrogens (tertiary/aromatic N) is 4. The lowest BCUT2D eigenvalue weighted by Crippen LogP contribution is -2.19. The first kappa shape index (κ1) is 18.6. The van der Waals surface area contributed by atoms with Crippen LogP contribution < -0.4 is 5.32 Å². The van der Waals surface area contributed by atoms with Gasteiger partial charge >= 0.3 is 0 Å². The predicted octanol–water partition coefficient (Wildman–Crippen LogP) is 4.16. The summed E-state index contributed by atoms with van der Waals surface area (Å²) in [5.74, 6) is 1.39. The number of amides is 1. The van der Waals surface area contributed by atoms with E-state index in [9.17, 15) is 4.79 Å². The lowest BCUT2D eigenvalue weighted by atomic mass is 10.1. The molecule has 7 heteroatoms. The molecule has 4 aromatic rings. The van der Waals surface area contributed by atoms with Crippen molar-refractivity contribution in [1.29, 1.82) is 0 Å². The summed E-state index contributed by atoms with van der Waals surface area (Å²) < 4.78 is 7.15. The van der Waals surface area contributed by atoms with Gasteiger partial charge < -0.3 is 14.4 Å². The van der Waals surface area contributed by atoms with E-state index in [-0.39, 0.29) is 12.5 Å². The molecule has 0 unspecified atom stereocenters. The van der Waals surface area contributed by atoms with Gasteiger partial charge in [-0.15, -0.1) is 0 Å². The molecule has 0 radical (unpaired) electrons. The van der Waals surface area contributed by atoms with Gasteiger partial charge in [0.25, 0.3) is 5.89 Å². The molecule has 0 spiro atoms. The van der Waals surface area contributed by atoms with E-state index in [0.29, 0.717) is 23.2 Å². The molecule has 0 aliphatic rings. The fraction of sp³-hybridized carbons (Fsp3) is 0.182. The Kier molecular flexibility index (Phi) is 4.95. The molecule has 1 amide bonds. The molecule has 2 aromatic carbocycles. The van der Waals surface area contributed by atoms with Crippen molar-refractivity contribution in [3.63, 3.8) is 0 Å². The molecule has 0 aliphatic carbocycles. The Labute approximate surface area is 168 Å². The molecule has 0 aliphatic heterocycles. The molecule has 0 saturated heterocycles. The van der Waals surface area contributed by atoms with Gasteiger partial charge in [0.05, 0.1) is 0 Å². The number of rotatable bonds is 5. The Morgan fingerprint density at radius 2 is 1.83 bits per heavy atom. The lowest BCUT2D eigenvalue weighted by molar-refractivity contribution is -0.116. The van der Waals surface area contributed by atoms with Gasteiger partial charge in [0.2, 0.25) is 11.7 Å². The fourth-order valence-electron chi connectivity index (χ4n) is 2.99. The summed E-state index contributed by atoms with van der Waals surface area (Å²) in [5, 5.41) is 6.93. The topological polar surface area (TPSA) is 85.8 Å². The first-order chi connectivity index (χ1) is 14.0. The molecular weight excluding hydrogens is 366 g/mol. The Morgan fingerprint density at radius 1 is 1.03 bits per heavy atom. The molecular formula is C22H21N5O2. The monoisotopic (exact) mass is 387 g/mol. The maximum Gasteiger partial charge on any atom is 0.258 e. The summed E-state index contributed by atoms with van der Waals surface area (Å²) in [6, 6.07) is 15.5. The second-order valence-electron chi connectivity index (χ2n) is 7.01. The van der Waals surface area contributed by atoms with Crippen LogP contribution in [-0.4, -0.2) is 25.6 Å². The summed E-state index contributed by atoms with van der Waals surface area (Å²) >= 11 is 0. The van der Waals surface area contributed by atoms with E-state index < -0.39 is 0 Å². The van der Waals surface area contributed by atoms with E-state index in [1.165, 1.54) is 0 Å². The molecule has 4 rings (SSSR count). The summed E-state index contributed by atoms with van der Waals surface area (Å²) in [4.78, 5) is 21.3. The highest BCUT2D eigenvalue weighted by Crippen LogP contribution is 2.22. The van der Waals surface area contributed by atoms with Crippen molar-refractivity contribution in [3.05, 3.63) is 71.7 Å². The van der Waals surface area contributed by atoms with Gasteiger partial charge in [0.1, 0.15) is 18.1 Å². The zero-order valence-electron chi connectivity index (χ0n) is 16.5. The van der Waals surface area contributed by atoms with Crippen molar-refractivity contribution >= 4 is 11.6 Å². The third-order valence-electron chi connectivity index (χ3n) is 4.55. The second kappa shape index (κ2) is 7.71. The number of hydrogen-bond donors (Lipinski definition) is 1. The molecule has 1 N–H and O–H groups in total. The van der Waals surface area contributed by atoms with Crippen molar-refractivity contribution < 1.29 is 9.32 Å². The predicted molar refractivity (Wildman–Crippen MR) is 110 cm³/mol. The highest BCUT2D eigenvalue weighted by molar-refractivity contribution is 5.90. The van der Waals surface area contributed by atoms with Gasteiger partial charge in [0.15, 0.2) is 0 Å². The second-order valence-corrected chi connectivity index (χ2v) is 7.01. The average Bonchev–Trinajstić information content (AvgIpc) is 3.31. The zero-order valence-corrected chi connectivity index (χ0v) is 16.5. The standard InChI is InChI=1S/C22H21N5O2/c1-14-7-9-18(10-8-14)24-20(28)13-27-12-19(23-16(27)3)21-25-22(29-26-21)17-6-4-5-15(2)11-17/h4-12H,13H2,1-3H3,(H,24,28). The van der Waals surface area contributed by atoms with Crippen molar-refractivity contribution in [2.24, 2.45) is 0 Å². The summed E-state index contributed by atoms with van der Waals surface area (Å²) in [5.41, 5.74) is 4.44. The quantitative estimate of drug-likeness (QED) is 0.556. The third kappa shape index (κ3) is 4.24. The molecule has 0 fully saturated rings.